The van der Waals surface area contributed by atoms with Crippen LogP contribution in [-0.2, 0) is 16.6 Å². The maximum absolute atomic E-state index is 13.9. The van der Waals surface area contributed by atoms with Crippen LogP contribution in [-0.4, -0.2) is 33.7 Å². The highest BCUT2D eigenvalue weighted by molar-refractivity contribution is 6.30. The Labute approximate surface area is 252 Å². The highest BCUT2D eigenvalue weighted by Gasteiger charge is 2.43. The summed E-state index contributed by atoms with van der Waals surface area (Å²) in [4.78, 5) is 2.32. The van der Waals surface area contributed by atoms with Gasteiger partial charge in [-0.05, 0) is 87.8 Å². The number of anilines is 1. The Morgan fingerprint density at radius 2 is 1.61 bits per heavy atom. The fourth-order valence-corrected chi connectivity index (χ4v) is 4.77. The van der Waals surface area contributed by atoms with E-state index < -0.39 is 0 Å². The molecule has 3 aromatic rings. The van der Waals surface area contributed by atoms with E-state index in [-0.39, 0.29) is 22.2 Å². The Morgan fingerprint density at radius 3 is 2.10 bits per heavy atom. The van der Waals surface area contributed by atoms with Gasteiger partial charge in [-0.15, -0.1) is 0 Å². The second kappa shape index (κ2) is 19.7. The zero-order valence-electron chi connectivity index (χ0n) is 26.4. The number of ether oxygens (including phenoxy) is 2. The van der Waals surface area contributed by atoms with Gasteiger partial charge >= 0.3 is 0 Å². The van der Waals surface area contributed by atoms with Crippen molar-refractivity contribution in [2.24, 2.45) is 5.73 Å². The quantitative estimate of drug-likeness (QED) is 0.231. The Balaban J connectivity index is 0.000000835. The van der Waals surface area contributed by atoms with Gasteiger partial charge in [0.15, 0.2) is 0 Å². The summed E-state index contributed by atoms with van der Waals surface area (Å²) < 4.78 is 24.1. The average Bonchev–Trinajstić information content (AvgIpc) is 3.28. The topological polar surface area (TPSA) is 71.6 Å². The first-order valence-corrected chi connectivity index (χ1v) is 14.5. The number of fused-ring (bicyclic) bond motifs is 1. The minimum Gasteiger partial charge on any atom is -0.497 e. The second-order valence-corrected chi connectivity index (χ2v) is 8.87. The molecule has 0 amide bonds. The molecule has 0 fully saturated rings. The molecular formula is C34H49ClFN3O2. The molecule has 7 heteroatoms. The first-order chi connectivity index (χ1) is 19.8. The van der Waals surface area contributed by atoms with Crippen molar-refractivity contribution >= 4 is 23.2 Å². The second-order valence-electron chi connectivity index (χ2n) is 8.46. The fourth-order valence-electron chi connectivity index (χ4n) is 4.65. The third-order valence-electron chi connectivity index (χ3n) is 6.32. The van der Waals surface area contributed by atoms with Crippen LogP contribution in [0.25, 0.3) is 0 Å². The van der Waals surface area contributed by atoms with E-state index in [1.54, 1.807) is 13.2 Å². The van der Waals surface area contributed by atoms with Crippen molar-refractivity contribution in [1.29, 1.82) is 5.41 Å². The summed E-state index contributed by atoms with van der Waals surface area (Å²) in [5, 5.41) is 7.41. The summed E-state index contributed by atoms with van der Waals surface area (Å²) in [5.41, 5.74) is 9.61. The van der Waals surface area contributed by atoms with E-state index in [9.17, 15) is 4.39 Å². The molecule has 0 saturated heterocycles. The van der Waals surface area contributed by atoms with Crippen LogP contribution in [0.5, 0.6) is 5.75 Å². The lowest BCUT2D eigenvalue weighted by Gasteiger charge is -2.30. The average molecular weight is 586 g/mol. The lowest BCUT2D eigenvalue weighted by molar-refractivity contribution is 0.401. The number of halogens is 2. The van der Waals surface area contributed by atoms with Gasteiger partial charge in [0.1, 0.15) is 11.6 Å². The number of nitrogens with one attached hydrogen (secondary N) is 1. The largest absolute Gasteiger partial charge is 0.497 e. The van der Waals surface area contributed by atoms with Gasteiger partial charge in [-0.1, -0.05) is 69.6 Å². The zero-order chi connectivity index (χ0) is 31.6. The molecule has 0 aromatic heterocycles. The first kappa shape index (κ1) is 37.6. The summed E-state index contributed by atoms with van der Waals surface area (Å²) in [6.45, 7) is 15.3. The number of hydrogen-bond acceptors (Lipinski definition) is 5. The molecule has 3 aromatic carbocycles. The molecule has 1 aliphatic rings. The Morgan fingerprint density at radius 1 is 1.00 bits per heavy atom. The van der Waals surface area contributed by atoms with E-state index in [0.29, 0.717) is 6.42 Å². The van der Waals surface area contributed by atoms with Crippen molar-refractivity contribution in [1.82, 2.24) is 0 Å². The predicted octanol–water partition coefficient (Wildman–Crippen LogP) is 9.02. The Bertz CT molecular complexity index is 1220. The van der Waals surface area contributed by atoms with Crippen LogP contribution in [0.4, 0.5) is 10.1 Å². The molecule has 0 saturated carbocycles. The molecule has 3 N–H and O–H groups in total. The Kier molecular flexibility index (Phi) is 18.1. The highest BCUT2D eigenvalue weighted by Crippen LogP contribution is 2.50. The molecule has 0 bridgehead atoms. The molecule has 0 radical (unpaired) electrons. The lowest BCUT2D eigenvalue weighted by atomic mass is 9.76. The van der Waals surface area contributed by atoms with Crippen LogP contribution >= 0.6 is 11.6 Å². The van der Waals surface area contributed by atoms with Gasteiger partial charge in [-0.3, -0.25) is 5.41 Å². The molecular weight excluding hydrogens is 537 g/mol. The number of allylic oxidation sites excluding steroid dienone is 2. The normalized spacial score (nSPS) is 15.3. The third kappa shape index (κ3) is 9.61. The molecule has 0 aliphatic carbocycles. The van der Waals surface area contributed by atoms with E-state index in [2.05, 4.69) is 49.6 Å². The number of rotatable bonds is 5. The van der Waals surface area contributed by atoms with Gasteiger partial charge in [0.2, 0.25) is 5.90 Å². The van der Waals surface area contributed by atoms with Gasteiger partial charge in [0.05, 0.1) is 19.2 Å². The summed E-state index contributed by atoms with van der Waals surface area (Å²) in [6.07, 6.45) is 2.85. The number of likely N-dealkylation sites (N-methyl/N-ethyl adjacent to an activating group) is 1. The first-order valence-electron chi connectivity index (χ1n) is 14.1. The fraction of sp³-hybridized carbons (Fsp3) is 0.382. The number of nitrogens with two attached hydrogens (primary N) is 1. The van der Waals surface area contributed by atoms with Gasteiger partial charge in [0.25, 0.3) is 0 Å². The van der Waals surface area contributed by atoms with Crippen LogP contribution in [0, 0.1) is 11.2 Å². The van der Waals surface area contributed by atoms with Crippen LogP contribution in [0.1, 0.15) is 65.2 Å². The van der Waals surface area contributed by atoms with Crippen LogP contribution in [0.2, 0.25) is 5.02 Å². The molecule has 41 heavy (non-hydrogen) atoms. The van der Waals surface area contributed by atoms with Crippen molar-refractivity contribution in [3.8, 4) is 5.75 Å². The summed E-state index contributed by atoms with van der Waals surface area (Å²) in [5.74, 6) is 0.669. The van der Waals surface area contributed by atoms with Crippen molar-refractivity contribution in [2.75, 3.05) is 32.7 Å². The molecule has 1 aliphatic heterocycles. The van der Waals surface area contributed by atoms with E-state index >= 15 is 0 Å². The number of nitrogens with zero attached hydrogens (tertiary/aromatic N) is 1. The molecule has 0 spiro atoms. The number of hydrogen-bond donors (Lipinski definition) is 2. The zero-order valence-corrected chi connectivity index (χ0v) is 27.2. The SMILES string of the molecule is C/C=C1\N(CC)c2ccc(OC)cc2C1(C)Cc1ccc(Cl)c(F)c1.CC.CC.CN.COC(=N)c1ccccc1. The van der Waals surface area contributed by atoms with Gasteiger partial charge in [-0.25, -0.2) is 4.39 Å². The minimum absolute atomic E-state index is 0.156. The van der Waals surface area contributed by atoms with Crippen molar-refractivity contribution in [3.05, 3.63) is 106 Å². The van der Waals surface area contributed by atoms with Crippen molar-refractivity contribution in [3.63, 3.8) is 0 Å². The summed E-state index contributed by atoms with van der Waals surface area (Å²) in [7, 11) is 4.67. The molecule has 1 unspecified atom stereocenters. The van der Waals surface area contributed by atoms with Crippen molar-refractivity contribution in [2.45, 2.75) is 60.3 Å². The summed E-state index contributed by atoms with van der Waals surface area (Å²) >= 11 is 5.84. The predicted molar refractivity (Wildman–Crippen MR) is 175 cm³/mol. The van der Waals surface area contributed by atoms with Gasteiger partial charge < -0.3 is 20.1 Å². The molecule has 226 valence electrons. The van der Waals surface area contributed by atoms with E-state index in [1.165, 1.54) is 37.2 Å². The molecule has 1 heterocycles. The summed E-state index contributed by atoms with van der Waals surface area (Å²) in [6, 6.07) is 20.6. The smallest absolute Gasteiger partial charge is 0.212 e. The van der Waals surface area contributed by atoms with Crippen molar-refractivity contribution < 1.29 is 13.9 Å². The van der Waals surface area contributed by atoms with Crippen LogP contribution < -0.4 is 15.4 Å². The maximum Gasteiger partial charge on any atom is 0.212 e. The maximum atomic E-state index is 13.9. The standard InChI is InChI=1S/C21H23ClFNO.C8H9NO.2C2H6.CH5N/c1-5-20-21(3,13-14-7-9-17(22)18(23)11-14)16-12-15(25-4)8-10-19(16)24(20)6-2;1-10-8(9)7-5-3-2-4-6-7;3*1-2/h5,7-12H,6,13H2,1-4H3;2-6,9H,1H3;2*1-2H3;2H2,1H3/b20-5-;;;;. The highest BCUT2D eigenvalue weighted by atomic mass is 35.5. The van der Waals surface area contributed by atoms with E-state index in [0.717, 1.165) is 23.4 Å². The number of benzene rings is 3. The van der Waals surface area contributed by atoms with Gasteiger partial charge in [-0.2, -0.15) is 0 Å². The molecule has 5 nitrogen and oxygen atoms in total. The molecule has 1 atom stereocenters. The molecule has 4 rings (SSSR count). The van der Waals surface area contributed by atoms with Crippen LogP contribution in [0.3, 0.4) is 0 Å². The third-order valence-corrected chi connectivity index (χ3v) is 6.62. The van der Waals surface area contributed by atoms with E-state index in [4.69, 9.17) is 26.5 Å². The van der Waals surface area contributed by atoms with Gasteiger partial charge in [0, 0.05) is 28.9 Å². The lowest BCUT2D eigenvalue weighted by Crippen LogP contribution is -2.30. The van der Waals surface area contributed by atoms with E-state index in [1.807, 2.05) is 70.2 Å². The minimum atomic E-state index is -0.374. The Hall–Kier alpha value is -3.35. The number of methoxy groups -OCH3 is 2. The van der Waals surface area contributed by atoms with Crippen LogP contribution in [0.15, 0.2) is 78.5 Å². The monoisotopic (exact) mass is 585 g/mol.